The van der Waals surface area contributed by atoms with Gasteiger partial charge in [-0.3, -0.25) is 9.69 Å². The summed E-state index contributed by atoms with van der Waals surface area (Å²) in [5.41, 5.74) is 5.11. The van der Waals surface area contributed by atoms with E-state index in [2.05, 4.69) is 54.4 Å². The number of benzene rings is 2. The lowest BCUT2D eigenvalue weighted by Crippen LogP contribution is -2.37. The molecule has 1 amide bonds. The van der Waals surface area contributed by atoms with Crippen LogP contribution in [0.25, 0.3) is 0 Å². The summed E-state index contributed by atoms with van der Waals surface area (Å²) < 4.78 is 0. The van der Waals surface area contributed by atoms with Crippen molar-refractivity contribution in [2.24, 2.45) is 0 Å². The van der Waals surface area contributed by atoms with Crippen LogP contribution in [0.4, 0.5) is 5.69 Å². The Kier molecular flexibility index (Phi) is 3.66. The van der Waals surface area contributed by atoms with Crippen molar-refractivity contribution >= 4 is 11.6 Å². The van der Waals surface area contributed by atoms with Crippen LogP contribution in [0.2, 0.25) is 0 Å². The number of para-hydroxylation sites is 1. The fourth-order valence-electron chi connectivity index (χ4n) is 3.92. The molecular weight excluding hydrogens is 284 g/mol. The lowest BCUT2D eigenvalue weighted by molar-refractivity contribution is -0.119. The molecule has 0 radical (unpaired) electrons. The molecule has 2 aliphatic heterocycles. The van der Waals surface area contributed by atoms with Crippen molar-refractivity contribution in [3.05, 3.63) is 65.2 Å². The summed E-state index contributed by atoms with van der Waals surface area (Å²) in [6.07, 6.45) is 2.60. The van der Waals surface area contributed by atoms with E-state index >= 15 is 0 Å². The quantitative estimate of drug-likeness (QED) is 0.850. The van der Waals surface area contributed by atoms with Crippen LogP contribution in [0.3, 0.4) is 0 Å². The van der Waals surface area contributed by atoms with Crippen molar-refractivity contribution in [3.63, 3.8) is 0 Å². The van der Waals surface area contributed by atoms with Crippen LogP contribution in [0.1, 0.15) is 29.2 Å². The summed E-state index contributed by atoms with van der Waals surface area (Å²) in [6.45, 7) is 1.84. The van der Waals surface area contributed by atoms with Gasteiger partial charge in [-0.2, -0.15) is 0 Å². The third-order valence-corrected chi connectivity index (χ3v) is 5.24. The van der Waals surface area contributed by atoms with E-state index < -0.39 is 0 Å². The third kappa shape index (κ3) is 2.55. The van der Waals surface area contributed by atoms with E-state index in [9.17, 15) is 4.79 Å². The van der Waals surface area contributed by atoms with Gasteiger partial charge in [-0.15, -0.1) is 0 Å². The molecule has 0 spiro atoms. The second-order valence-corrected chi connectivity index (χ2v) is 6.57. The van der Waals surface area contributed by atoms with Gasteiger partial charge in [0.1, 0.15) is 0 Å². The minimum absolute atomic E-state index is 0.195. The number of fused-ring (bicyclic) bond motifs is 2. The van der Waals surface area contributed by atoms with Crippen LogP contribution in [0.5, 0.6) is 0 Å². The monoisotopic (exact) mass is 306 g/mol. The number of anilines is 1. The molecular formula is C20H22N2O. The van der Waals surface area contributed by atoms with Crippen LogP contribution < -0.4 is 4.90 Å². The molecule has 0 fully saturated rings. The molecule has 0 aliphatic carbocycles. The highest BCUT2D eigenvalue weighted by molar-refractivity contribution is 5.95. The Morgan fingerprint density at radius 1 is 1.00 bits per heavy atom. The van der Waals surface area contributed by atoms with Crippen molar-refractivity contribution < 1.29 is 4.79 Å². The summed E-state index contributed by atoms with van der Waals surface area (Å²) in [6, 6.07) is 17.0. The van der Waals surface area contributed by atoms with Gasteiger partial charge in [0.15, 0.2) is 0 Å². The van der Waals surface area contributed by atoms with Crippen LogP contribution >= 0.6 is 0 Å². The van der Waals surface area contributed by atoms with Gasteiger partial charge in [-0.05, 0) is 42.6 Å². The molecule has 0 aromatic heterocycles. The van der Waals surface area contributed by atoms with Gasteiger partial charge in [-0.25, -0.2) is 0 Å². The molecule has 23 heavy (non-hydrogen) atoms. The van der Waals surface area contributed by atoms with E-state index in [1.165, 1.54) is 16.7 Å². The van der Waals surface area contributed by atoms with Gasteiger partial charge in [0.25, 0.3) is 0 Å². The average Bonchev–Trinajstić information content (AvgIpc) is 3.01. The van der Waals surface area contributed by atoms with Gasteiger partial charge in [0.05, 0.1) is 0 Å². The second kappa shape index (κ2) is 5.82. The molecule has 2 aromatic rings. The van der Waals surface area contributed by atoms with E-state index in [4.69, 9.17) is 0 Å². The van der Waals surface area contributed by atoms with E-state index in [1.807, 2.05) is 11.0 Å². The highest BCUT2D eigenvalue weighted by atomic mass is 16.2. The van der Waals surface area contributed by atoms with Crippen LogP contribution in [0, 0.1) is 0 Å². The summed E-state index contributed by atoms with van der Waals surface area (Å²) in [7, 11) is 2.13. The Hall–Kier alpha value is -2.13. The molecule has 0 bridgehead atoms. The number of carbonyl (C=O) groups is 1. The molecule has 0 saturated heterocycles. The highest BCUT2D eigenvalue weighted by Crippen LogP contribution is 2.34. The molecule has 1 atom stereocenters. The first-order valence-electron chi connectivity index (χ1n) is 8.40. The molecule has 118 valence electrons. The van der Waals surface area contributed by atoms with Crippen molar-refractivity contribution in [2.45, 2.75) is 25.3 Å². The Labute approximate surface area is 137 Å². The van der Waals surface area contributed by atoms with Gasteiger partial charge in [-0.1, -0.05) is 42.5 Å². The molecule has 1 unspecified atom stereocenters. The molecule has 2 heterocycles. The topological polar surface area (TPSA) is 23.6 Å². The highest BCUT2D eigenvalue weighted by Gasteiger charge is 2.30. The Balaban J connectivity index is 1.58. The van der Waals surface area contributed by atoms with Crippen molar-refractivity contribution in [3.8, 4) is 0 Å². The maximum Gasteiger partial charge on any atom is 0.228 e. The first-order valence-corrected chi connectivity index (χ1v) is 8.40. The number of rotatable bonds is 2. The number of nitrogens with zero attached hydrogens (tertiary/aromatic N) is 2. The summed E-state index contributed by atoms with van der Waals surface area (Å²) in [5.74, 6) is 0.239. The zero-order chi connectivity index (χ0) is 15.8. The van der Waals surface area contributed by atoms with E-state index in [-0.39, 0.29) is 11.9 Å². The minimum atomic E-state index is 0.195. The summed E-state index contributed by atoms with van der Waals surface area (Å²) in [5, 5.41) is 0. The SMILES string of the molecule is CN1CCc2ccccc2C1CC(=O)N1CCc2ccccc21. The second-order valence-electron chi connectivity index (χ2n) is 6.57. The van der Waals surface area contributed by atoms with Crippen molar-refractivity contribution in [1.82, 2.24) is 4.90 Å². The molecule has 4 rings (SSSR count). The third-order valence-electron chi connectivity index (χ3n) is 5.24. The minimum Gasteiger partial charge on any atom is -0.312 e. The van der Waals surface area contributed by atoms with Gasteiger partial charge < -0.3 is 4.90 Å². The largest absolute Gasteiger partial charge is 0.312 e. The summed E-state index contributed by atoms with van der Waals surface area (Å²) in [4.78, 5) is 17.2. The van der Waals surface area contributed by atoms with Crippen LogP contribution in [-0.2, 0) is 17.6 Å². The molecule has 3 heteroatoms. The smallest absolute Gasteiger partial charge is 0.228 e. The first-order chi connectivity index (χ1) is 11.2. The number of likely N-dealkylation sites (N-methyl/N-ethyl adjacent to an activating group) is 1. The fourth-order valence-corrected chi connectivity index (χ4v) is 3.92. The number of hydrogen-bond donors (Lipinski definition) is 0. The molecule has 2 aromatic carbocycles. The van der Waals surface area contributed by atoms with Gasteiger partial charge in [0.2, 0.25) is 5.91 Å². The normalized spacial score (nSPS) is 20.2. The average molecular weight is 306 g/mol. The van der Waals surface area contributed by atoms with Crippen LogP contribution in [0.15, 0.2) is 48.5 Å². The summed E-state index contributed by atoms with van der Waals surface area (Å²) >= 11 is 0. The van der Waals surface area contributed by atoms with Crippen molar-refractivity contribution in [1.29, 1.82) is 0 Å². The number of amides is 1. The number of hydrogen-bond acceptors (Lipinski definition) is 2. The lowest BCUT2D eigenvalue weighted by atomic mass is 9.91. The molecule has 0 saturated carbocycles. The van der Waals surface area contributed by atoms with E-state index in [0.717, 1.165) is 31.6 Å². The Bertz CT molecular complexity index is 740. The van der Waals surface area contributed by atoms with E-state index in [1.54, 1.807) is 0 Å². The lowest BCUT2D eigenvalue weighted by Gasteiger charge is -2.35. The predicted octanol–water partition coefficient (Wildman–Crippen LogP) is 3.20. The Morgan fingerprint density at radius 2 is 1.70 bits per heavy atom. The maximum atomic E-state index is 12.9. The zero-order valence-electron chi connectivity index (χ0n) is 13.5. The molecule has 0 N–H and O–H groups in total. The predicted molar refractivity (Wildman–Crippen MR) is 92.6 cm³/mol. The first kappa shape index (κ1) is 14.5. The van der Waals surface area contributed by atoms with Crippen molar-refractivity contribution in [2.75, 3.05) is 25.0 Å². The Morgan fingerprint density at radius 3 is 2.57 bits per heavy atom. The fraction of sp³-hybridized carbons (Fsp3) is 0.350. The standard InChI is InChI=1S/C20H22N2O/c1-21-12-10-15-6-2-4-8-17(15)19(21)14-20(23)22-13-11-16-7-3-5-9-18(16)22/h2-9,19H,10-14H2,1H3. The molecule has 2 aliphatic rings. The zero-order valence-corrected chi connectivity index (χ0v) is 13.5. The van der Waals surface area contributed by atoms with Crippen LogP contribution in [-0.4, -0.2) is 30.9 Å². The molecule has 3 nitrogen and oxygen atoms in total. The van der Waals surface area contributed by atoms with Gasteiger partial charge in [0, 0.05) is 31.2 Å². The number of carbonyl (C=O) groups excluding carboxylic acids is 1. The van der Waals surface area contributed by atoms with Gasteiger partial charge >= 0.3 is 0 Å². The maximum absolute atomic E-state index is 12.9. The van der Waals surface area contributed by atoms with E-state index in [0.29, 0.717) is 6.42 Å².